The Morgan fingerprint density at radius 3 is 2.56 bits per heavy atom. The highest BCUT2D eigenvalue weighted by Gasteiger charge is 2.01. The smallest absolute Gasteiger partial charge is 0.335 e. The molecule has 0 bridgehead atoms. The topological polar surface area (TPSA) is 59.4 Å². The number of carboxylic acids is 1. The van der Waals surface area contributed by atoms with Crippen LogP contribution in [0.5, 0.6) is 5.88 Å². The van der Waals surface area contributed by atoms with E-state index in [4.69, 9.17) is 9.84 Å². The Bertz CT molecular complexity index is 508. The molecule has 0 fully saturated rings. The molecule has 1 aromatic heterocycles. The van der Waals surface area contributed by atoms with Crippen LogP contribution >= 0.6 is 0 Å². The number of hydrogen-bond acceptors (Lipinski definition) is 3. The van der Waals surface area contributed by atoms with Gasteiger partial charge in [-0.3, -0.25) is 0 Å². The molecule has 0 saturated carbocycles. The van der Waals surface area contributed by atoms with E-state index in [1.165, 1.54) is 0 Å². The summed E-state index contributed by atoms with van der Waals surface area (Å²) in [6.45, 7) is 0.517. The number of nitrogens with zero attached hydrogens (tertiary/aromatic N) is 1. The summed E-state index contributed by atoms with van der Waals surface area (Å²) in [5.41, 5.74) is 1.33. The van der Waals surface area contributed by atoms with Crippen LogP contribution in [-0.4, -0.2) is 22.7 Å². The Labute approximate surface area is 105 Å². The van der Waals surface area contributed by atoms with Crippen molar-refractivity contribution >= 4 is 5.97 Å². The molecule has 1 aromatic carbocycles. The van der Waals surface area contributed by atoms with Crippen molar-refractivity contribution in [3.05, 3.63) is 59.8 Å². The highest BCUT2D eigenvalue weighted by Crippen LogP contribution is 2.07. The van der Waals surface area contributed by atoms with E-state index in [-0.39, 0.29) is 0 Å². The van der Waals surface area contributed by atoms with Crippen molar-refractivity contribution in [3.8, 4) is 5.88 Å². The van der Waals surface area contributed by atoms with Gasteiger partial charge in [0.1, 0.15) is 0 Å². The van der Waals surface area contributed by atoms with Crippen molar-refractivity contribution in [2.75, 3.05) is 6.61 Å². The van der Waals surface area contributed by atoms with E-state index in [0.29, 0.717) is 18.1 Å². The van der Waals surface area contributed by atoms with Gasteiger partial charge < -0.3 is 9.84 Å². The van der Waals surface area contributed by atoms with E-state index >= 15 is 0 Å². The molecular formula is C14H13NO3. The molecule has 2 aromatic rings. The molecule has 0 aliphatic rings. The molecule has 18 heavy (non-hydrogen) atoms. The quantitative estimate of drug-likeness (QED) is 0.876. The van der Waals surface area contributed by atoms with E-state index in [1.54, 1.807) is 36.5 Å². The third-order valence-electron chi connectivity index (χ3n) is 2.48. The summed E-state index contributed by atoms with van der Waals surface area (Å²) in [5.74, 6) is -0.314. The summed E-state index contributed by atoms with van der Waals surface area (Å²) < 4.78 is 5.46. The van der Waals surface area contributed by atoms with E-state index < -0.39 is 5.97 Å². The van der Waals surface area contributed by atoms with Gasteiger partial charge in [-0.2, -0.15) is 0 Å². The zero-order valence-corrected chi connectivity index (χ0v) is 9.74. The second-order valence-electron chi connectivity index (χ2n) is 3.77. The summed E-state index contributed by atoms with van der Waals surface area (Å²) in [5, 5.41) is 8.77. The van der Waals surface area contributed by atoms with E-state index in [0.717, 1.165) is 12.0 Å². The van der Waals surface area contributed by atoms with Crippen molar-refractivity contribution in [2.24, 2.45) is 0 Å². The third kappa shape index (κ3) is 3.31. The van der Waals surface area contributed by atoms with Crippen LogP contribution in [0.1, 0.15) is 15.9 Å². The van der Waals surface area contributed by atoms with Gasteiger partial charge in [-0.15, -0.1) is 0 Å². The molecule has 0 radical (unpaired) electrons. The van der Waals surface area contributed by atoms with Crippen molar-refractivity contribution < 1.29 is 14.6 Å². The minimum atomic E-state index is -0.911. The van der Waals surface area contributed by atoms with Crippen molar-refractivity contribution in [3.63, 3.8) is 0 Å². The number of ether oxygens (including phenoxy) is 1. The molecule has 0 aliphatic carbocycles. The van der Waals surface area contributed by atoms with Crippen LogP contribution in [0.15, 0.2) is 48.7 Å². The Balaban J connectivity index is 1.85. The van der Waals surface area contributed by atoms with Crippen LogP contribution in [0, 0.1) is 0 Å². The lowest BCUT2D eigenvalue weighted by Gasteiger charge is -2.05. The van der Waals surface area contributed by atoms with Crippen LogP contribution in [0.3, 0.4) is 0 Å². The minimum Gasteiger partial charge on any atom is -0.478 e. The molecule has 2 rings (SSSR count). The molecule has 0 unspecified atom stereocenters. The third-order valence-corrected chi connectivity index (χ3v) is 2.48. The fraction of sp³-hybridized carbons (Fsp3) is 0.143. The molecule has 0 aliphatic heterocycles. The van der Waals surface area contributed by atoms with Gasteiger partial charge in [0.25, 0.3) is 0 Å². The maximum atomic E-state index is 10.7. The molecule has 4 nitrogen and oxygen atoms in total. The summed E-state index contributed by atoms with van der Waals surface area (Å²) in [6.07, 6.45) is 2.40. The summed E-state index contributed by atoms with van der Waals surface area (Å²) in [6, 6.07) is 12.3. The zero-order chi connectivity index (χ0) is 12.8. The number of aromatic carboxylic acids is 1. The highest BCUT2D eigenvalue weighted by molar-refractivity contribution is 5.87. The molecule has 0 amide bonds. The average molecular weight is 243 g/mol. The highest BCUT2D eigenvalue weighted by atomic mass is 16.5. The molecule has 0 atom stereocenters. The van der Waals surface area contributed by atoms with Crippen LogP contribution in [0.4, 0.5) is 0 Å². The second kappa shape index (κ2) is 5.82. The number of aromatic nitrogens is 1. The van der Waals surface area contributed by atoms with E-state index in [9.17, 15) is 4.79 Å². The number of carboxylic acid groups (broad SMARTS) is 1. The van der Waals surface area contributed by atoms with Crippen molar-refractivity contribution in [1.82, 2.24) is 4.98 Å². The first-order chi connectivity index (χ1) is 8.75. The molecule has 0 saturated heterocycles. The maximum Gasteiger partial charge on any atom is 0.335 e. The predicted octanol–water partition coefficient (Wildman–Crippen LogP) is 2.40. The van der Waals surface area contributed by atoms with Gasteiger partial charge >= 0.3 is 5.97 Å². The standard InChI is InChI=1S/C14H13NO3/c16-14(17)12-6-4-11(5-7-12)8-10-18-13-3-1-2-9-15-13/h1-7,9H,8,10H2,(H,16,17). The Morgan fingerprint density at radius 1 is 1.17 bits per heavy atom. The zero-order valence-electron chi connectivity index (χ0n) is 9.74. The minimum absolute atomic E-state index is 0.296. The number of rotatable bonds is 5. The molecule has 0 spiro atoms. The fourth-order valence-electron chi connectivity index (χ4n) is 1.52. The first kappa shape index (κ1) is 12.1. The first-order valence-corrected chi connectivity index (χ1v) is 5.62. The lowest BCUT2D eigenvalue weighted by Crippen LogP contribution is -2.03. The SMILES string of the molecule is O=C(O)c1ccc(CCOc2ccccn2)cc1. The molecule has 1 heterocycles. The second-order valence-corrected chi connectivity index (χ2v) is 3.77. The van der Waals surface area contributed by atoms with Gasteiger partial charge in [0.15, 0.2) is 0 Å². The van der Waals surface area contributed by atoms with Crippen LogP contribution in [-0.2, 0) is 6.42 Å². The van der Waals surface area contributed by atoms with E-state index in [2.05, 4.69) is 4.98 Å². The Kier molecular flexibility index (Phi) is 3.91. The molecular weight excluding hydrogens is 230 g/mol. The molecule has 92 valence electrons. The Morgan fingerprint density at radius 2 is 1.94 bits per heavy atom. The van der Waals surface area contributed by atoms with Crippen molar-refractivity contribution in [1.29, 1.82) is 0 Å². The number of pyridine rings is 1. The number of hydrogen-bond donors (Lipinski definition) is 1. The monoisotopic (exact) mass is 243 g/mol. The molecule has 4 heteroatoms. The lowest BCUT2D eigenvalue weighted by molar-refractivity contribution is 0.0697. The summed E-state index contributed by atoms with van der Waals surface area (Å²) in [4.78, 5) is 14.7. The average Bonchev–Trinajstić information content (AvgIpc) is 2.40. The predicted molar refractivity (Wildman–Crippen MR) is 66.8 cm³/mol. The van der Waals surface area contributed by atoms with Gasteiger partial charge in [-0.1, -0.05) is 18.2 Å². The van der Waals surface area contributed by atoms with Gasteiger partial charge in [0, 0.05) is 18.7 Å². The molecule has 1 N–H and O–H groups in total. The van der Waals surface area contributed by atoms with Crippen molar-refractivity contribution in [2.45, 2.75) is 6.42 Å². The summed E-state index contributed by atoms with van der Waals surface area (Å²) in [7, 11) is 0. The fourth-order valence-corrected chi connectivity index (χ4v) is 1.52. The number of carbonyl (C=O) groups is 1. The summed E-state index contributed by atoms with van der Waals surface area (Å²) >= 11 is 0. The lowest BCUT2D eigenvalue weighted by atomic mass is 10.1. The van der Waals surface area contributed by atoms with Crippen LogP contribution in [0.25, 0.3) is 0 Å². The first-order valence-electron chi connectivity index (χ1n) is 5.62. The Hall–Kier alpha value is -2.36. The van der Waals surface area contributed by atoms with Crippen LogP contribution < -0.4 is 4.74 Å². The van der Waals surface area contributed by atoms with Gasteiger partial charge in [-0.05, 0) is 23.8 Å². The largest absolute Gasteiger partial charge is 0.478 e. The normalized spacial score (nSPS) is 10.0. The van der Waals surface area contributed by atoms with Crippen LogP contribution in [0.2, 0.25) is 0 Å². The maximum absolute atomic E-state index is 10.7. The van der Waals surface area contributed by atoms with Gasteiger partial charge in [-0.25, -0.2) is 9.78 Å². The van der Waals surface area contributed by atoms with Gasteiger partial charge in [0.2, 0.25) is 5.88 Å². The van der Waals surface area contributed by atoms with Gasteiger partial charge in [0.05, 0.1) is 12.2 Å². The van der Waals surface area contributed by atoms with E-state index in [1.807, 2.05) is 12.1 Å². The number of benzene rings is 1.